The van der Waals surface area contributed by atoms with Gasteiger partial charge in [-0.25, -0.2) is 4.98 Å². The number of primary amides is 1. The molecule has 9 heteroatoms. The lowest BCUT2D eigenvalue weighted by molar-refractivity contribution is 0.0706. The first-order chi connectivity index (χ1) is 12.5. The van der Waals surface area contributed by atoms with Crippen LogP contribution in [0.5, 0.6) is 0 Å². The summed E-state index contributed by atoms with van der Waals surface area (Å²) in [5.74, 6) is 0.902. The molecular formula is C17H16N6O3. The lowest BCUT2D eigenvalue weighted by Gasteiger charge is -2.28. The van der Waals surface area contributed by atoms with Gasteiger partial charge in [-0.05, 0) is 12.1 Å². The van der Waals surface area contributed by atoms with Crippen LogP contribution >= 0.6 is 0 Å². The molecule has 0 aliphatic carbocycles. The van der Waals surface area contributed by atoms with Crippen molar-refractivity contribution < 1.29 is 14.1 Å². The van der Waals surface area contributed by atoms with Gasteiger partial charge in [-0.15, -0.1) is 0 Å². The van der Waals surface area contributed by atoms with E-state index in [1.54, 1.807) is 34.6 Å². The standard InChI is InChI=1S/C17H16N6O3/c1-10-20-16(21-26-10)11-3-2-4-12(7-11)17(25)22-5-6-23-13(15(18)24)8-19-14(23)9-22/h2-4,7-8H,5-6,9H2,1H3,(H2,18,24). The van der Waals surface area contributed by atoms with Crippen LogP contribution in [0, 0.1) is 6.92 Å². The summed E-state index contributed by atoms with van der Waals surface area (Å²) in [5, 5.41) is 3.88. The topological polar surface area (TPSA) is 120 Å². The second-order valence-corrected chi connectivity index (χ2v) is 6.02. The molecule has 0 saturated carbocycles. The molecule has 1 aliphatic rings. The number of rotatable bonds is 3. The van der Waals surface area contributed by atoms with Gasteiger partial charge in [0.2, 0.25) is 11.7 Å². The molecule has 2 aromatic heterocycles. The summed E-state index contributed by atoms with van der Waals surface area (Å²) in [4.78, 5) is 34.4. The van der Waals surface area contributed by atoms with E-state index in [9.17, 15) is 9.59 Å². The summed E-state index contributed by atoms with van der Waals surface area (Å²) in [6, 6.07) is 7.09. The average Bonchev–Trinajstić information content (AvgIpc) is 3.27. The largest absolute Gasteiger partial charge is 0.364 e. The van der Waals surface area contributed by atoms with Gasteiger partial charge in [0.1, 0.15) is 11.5 Å². The summed E-state index contributed by atoms with van der Waals surface area (Å²) in [7, 11) is 0. The van der Waals surface area contributed by atoms with Gasteiger partial charge in [-0.1, -0.05) is 17.3 Å². The number of fused-ring (bicyclic) bond motifs is 1. The Kier molecular flexibility index (Phi) is 3.76. The third-order valence-corrected chi connectivity index (χ3v) is 4.30. The van der Waals surface area contributed by atoms with Crippen molar-refractivity contribution in [3.05, 3.63) is 53.4 Å². The second kappa shape index (κ2) is 6.10. The van der Waals surface area contributed by atoms with E-state index in [0.717, 1.165) is 0 Å². The second-order valence-electron chi connectivity index (χ2n) is 6.02. The first-order valence-corrected chi connectivity index (χ1v) is 8.07. The predicted octanol–water partition coefficient (Wildman–Crippen LogP) is 0.996. The van der Waals surface area contributed by atoms with Crippen LogP contribution in [0.3, 0.4) is 0 Å². The number of imidazole rings is 1. The zero-order valence-corrected chi connectivity index (χ0v) is 14.0. The van der Waals surface area contributed by atoms with Crippen LogP contribution < -0.4 is 5.73 Å². The molecule has 0 spiro atoms. The highest BCUT2D eigenvalue weighted by Gasteiger charge is 2.25. The molecular weight excluding hydrogens is 336 g/mol. The Bertz CT molecular complexity index is 1010. The normalized spacial score (nSPS) is 13.5. The van der Waals surface area contributed by atoms with Crippen LogP contribution in [-0.2, 0) is 13.1 Å². The summed E-state index contributed by atoms with van der Waals surface area (Å²) in [6.07, 6.45) is 1.45. The smallest absolute Gasteiger partial charge is 0.266 e. The van der Waals surface area contributed by atoms with Crippen molar-refractivity contribution in [3.63, 3.8) is 0 Å². The van der Waals surface area contributed by atoms with Crippen molar-refractivity contribution >= 4 is 11.8 Å². The maximum absolute atomic E-state index is 12.9. The Morgan fingerprint density at radius 3 is 2.85 bits per heavy atom. The van der Waals surface area contributed by atoms with E-state index in [-0.39, 0.29) is 5.91 Å². The Hall–Kier alpha value is -3.49. The minimum absolute atomic E-state index is 0.123. The average molecular weight is 352 g/mol. The van der Waals surface area contributed by atoms with Gasteiger partial charge in [0.05, 0.1) is 12.7 Å². The number of carbonyl (C=O) groups excluding carboxylic acids is 2. The van der Waals surface area contributed by atoms with Gasteiger partial charge in [0.15, 0.2) is 0 Å². The van der Waals surface area contributed by atoms with E-state index >= 15 is 0 Å². The molecule has 9 nitrogen and oxygen atoms in total. The van der Waals surface area contributed by atoms with Crippen LogP contribution in [0.4, 0.5) is 0 Å². The molecule has 26 heavy (non-hydrogen) atoms. The number of nitrogens with two attached hydrogens (primary N) is 1. The highest BCUT2D eigenvalue weighted by molar-refractivity contribution is 5.95. The van der Waals surface area contributed by atoms with Gasteiger partial charge >= 0.3 is 0 Å². The molecule has 2 N–H and O–H groups in total. The molecule has 3 heterocycles. The molecule has 0 fully saturated rings. The Morgan fingerprint density at radius 1 is 1.27 bits per heavy atom. The van der Waals surface area contributed by atoms with E-state index in [4.69, 9.17) is 10.3 Å². The Balaban J connectivity index is 1.58. The van der Waals surface area contributed by atoms with Crippen molar-refractivity contribution in [2.24, 2.45) is 5.73 Å². The van der Waals surface area contributed by atoms with Crippen LogP contribution in [0.15, 0.2) is 35.0 Å². The molecule has 0 bridgehead atoms. The molecule has 0 saturated heterocycles. The first kappa shape index (κ1) is 16.0. The molecule has 0 atom stereocenters. The number of hydrogen-bond acceptors (Lipinski definition) is 6. The molecule has 0 radical (unpaired) electrons. The van der Waals surface area contributed by atoms with E-state index in [1.807, 2.05) is 6.07 Å². The fraction of sp³-hybridized carbons (Fsp3) is 0.235. The van der Waals surface area contributed by atoms with Gasteiger partial charge in [-0.2, -0.15) is 4.98 Å². The van der Waals surface area contributed by atoms with Crippen molar-refractivity contribution in [3.8, 4) is 11.4 Å². The third-order valence-electron chi connectivity index (χ3n) is 4.30. The fourth-order valence-corrected chi connectivity index (χ4v) is 3.02. The quantitative estimate of drug-likeness (QED) is 0.751. The highest BCUT2D eigenvalue weighted by Crippen LogP contribution is 2.20. The van der Waals surface area contributed by atoms with E-state index in [2.05, 4.69) is 15.1 Å². The molecule has 2 amide bonds. The monoisotopic (exact) mass is 352 g/mol. The summed E-state index contributed by atoms with van der Waals surface area (Å²) in [6.45, 7) is 2.97. The molecule has 0 unspecified atom stereocenters. The zero-order valence-electron chi connectivity index (χ0n) is 14.0. The summed E-state index contributed by atoms with van der Waals surface area (Å²) < 4.78 is 6.75. The molecule has 4 rings (SSSR count). The lowest BCUT2D eigenvalue weighted by Crippen LogP contribution is -2.39. The van der Waals surface area contributed by atoms with Crippen LogP contribution in [0.2, 0.25) is 0 Å². The maximum Gasteiger partial charge on any atom is 0.266 e. The minimum atomic E-state index is -0.522. The van der Waals surface area contributed by atoms with Crippen molar-refractivity contribution in [1.82, 2.24) is 24.6 Å². The van der Waals surface area contributed by atoms with Gasteiger partial charge in [0.25, 0.3) is 11.8 Å². The number of nitrogens with zero attached hydrogens (tertiary/aromatic N) is 5. The minimum Gasteiger partial charge on any atom is -0.364 e. The Morgan fingerprint density at radius 2 is 2.12 bits per heavy atom. The van der Waals surface area contributed by atoms with E-state index in [1.165, 1.54) is 6.20 Å². The lowest BCUT2D eigenvalue weighted by atomic mass is 10.1. The summed E-state index contributed by atoms with van der Waals surface area (Å²) >= 11 is 0. The van der Waals surface area contributed by atoms with Crippen molar-refractivity contribution in [1.29, 1.82) is 0 Å². The number of aryl methyl sites for hydroxylation is 1. The molecule has 132 valence electrons. The number of carbonyl (C=O) groups is 2. The summed E-state index contributed by atoms with van der Waals surface area (Å²) in [5.41, 5.74) is 6.94. The molecule has 1 aromatic carbocycles. The molecule has 3 aromatic rings. The fourth-order valence-electron chi connectivity index (χ4n) is 3.02. The predicted molar refractivity (Wildman–Crippen MR) is 90.0 cm³/mol. The van der Waals surface area contributed by atoms with Crippen molar-refractivity contribution in [2.45, 2.75) is 20.0 Å². The third kappa shape index (κ3) is 2.73. The number of benzene rings is 1. The SMILES string of the molecule is Cc1nc(-c2cccc(C(=O)N3CCn4c(C(N)=O)cnc4C3)c2)no1. The van der Waals surface area contributed by atoms with Crippen LogP contribution in [0.25, 0.3) is 11.4 Å². The highest BCUT2D eigenvalue weighted by atomic mass is 16.5. The Labute approximate surface area is 148 Å². The van der Waals surface area contributed by atoms with Crippen LogP contribution in [0.1, 0.15) is 32.6 Å². The number of aromatic nitrogens is 4. The van der Waals surface area contributed by atoms with E-state index in [0.29, 0.717) is 54.0 Å². The van der Waals surface area contributed by atoms with Gasteiger partial charge in [0, 0.05) is 31.1 Å². The van der Waals surface area contributed by atoms with Crippen molar-refractivity contribution in [2.75, 3.05) is 6.54 Å². The van der Waals surface area contributed by atoms with E-state index < -0.39 is 5.91 Å². The first-order valence-electron chi connectivity index (χ1n) is 8.07. The zero-order chi connectivity index (χ0) is 18.3. The van der Waals surface area contributed by atoms with Gasteiger partial charge < -0.3 is 19.7 Å². The van der Waals surface area contributed by atoms with Crippen LogP contribution in [-0.4, -0.2) is 43.0 Å². The van der Waals surface area contributed by atoms with Gasteiger partial charge in [-0.3, -0.25) is 9.59 Å². The molecule has 1 aliphatic heterocycles. The number of hydrogen-bond donors (Lipinski definition) is 1. The maximum atomic E-state index is 12.9. The number of amides is 2.